The first-order chi connectivity index (χ1) is 12.7. The summed E-state index contributed by atoms with van der Waals surface area (Å²) in [5, 5.41) is 18.2. The van der Waals surface area contributed by atoms with Crippen molar-refractivity contribution in [1.82, 2.24) is 9.97 Å². The fourth-order valence-electron chi connectivity index (χ4n) is 2.47. The molecule has 8 heteroatoms. The largest absolute Gasteiger partial charge is 0.493 e. The maximum atomic E-state index is 9.55. The lowest BCUT2D eigenvalue weighted by molar-refractivity contribution is 0.327. The number of hydrogen-bond donors (Lipinski definition) is 1. The minimum atomic E-state index is -0.0907. The fourth-order valence-corrected chi connectivity index (χ4v) is 3.04. The molecule has 0 fully saturated rings. The van der Waals surface area contributed by atoms with Crippen LogP contribution in [0.2, 0.25) is 0 Å². The number of hydrogen-bond acceptors (Lipinski definition) is 5. The summed E-state index contributed by atoms with van der Waals surface area (Å²) in [6, 6.07) is 15.2. The van der Waals surface area contributed by atoms with Gasteiger partial charge in [-0.2, -0.15) is 10.5 Å². The van der Waals surface area contributed by atoms with E-state index in [4.69, 9.17) is 14.7 Å². The molecule has 0 atom stereocenters. The molecule has 1 N–H and O–H groups in total. The number of benzene rings is 2. The van der Waals surface area contributed by atoms with Gasteiger partial charge in [0.25, 0.3) is 0 Å². The highest BCUT2D eigenvalue weighted by atomic mass is 79.9. The summed E-state index contributed by atoms with van der Waals surface area (Å²) in [6.45, 7) is -0.0907. The van der Waals surface area contributed by atoms with Crippen molar-refractivity contribution in [3.8, 4) is 23.6 Å². The number of para-hydroxylation sites is 2. The maximum absolute atomic E-state index is 9.55. The second-order valence-electron chi connectivity index (χ2n) is 5.25. The van der Waals surface area contributed by atoms with E-state index < -0.39 is 0 Å². The summed E-state index contributed by atoms with van der Waals surface area (Å²) in [7, 11) is 1.51. The van der Waals surface area contributed by atoms with Crippen LogP contribution in [0.15, 0.2) is 40.9 Å². The second kappa shape index (κ2) is 9.09. The Hall–Kier alpha value is -3.00. The molecule has 0 amide bonds. The number of nitrogens with one attached hydrogen (secondary N) is 1. The Kier molecular flexibility index (Phi) is 6.84. The van der Waals surface area contributed by atoms with E-state index in [0.717, 1.165) is 16.6 Å². The number of aromatic nitrogens is 2. The van der Waals surface area contributed by atoms with Crippen molar-refractivity contribution in [2.24, 2.45) is 0 Å². The van der Waals surface area contributed by atoms with Crippen LogP contribution in [-0.2, 0) is 0 Å². The minimum Gasteiger partial charge on any atom is -0.493 e. The van der Waals surface area contributed by atoms with Gasteiger partial charge in [-0.25, -0.2) is 4.98 Å². The van der Waals surface area contributed by atoms with Crippen LogP contribution >= 0.6 is 28.3 Å². The number of nitriles is 2. The molecule has 0 aliphatic heterocycles. The van der Waals surface area contributed by atoms with Crippen molar-refractivity contribution in [2.45, 2.75) is 0 Å². The van der Waals surface area contributed by atoms with Crippen molar-refractivity contribution in [1.29, 1.82) is 10.5 Å². The lowest BCUT2D eigenvalue weighted by atomic mass is 10.1. The van der Waals surface area contributed by atoms with E-state index >= 15 is 0 Å². The molecule has 0 aliphatic carbocycles. The van der Waals surface area contributed by atoms with Crippen LogP contribution in [0.1, 0.15) is 11.4 Å². The molecule has 6 nitrogen and oxygen atoms in total. The highest BCUT2D eigenvalue weighted by Gasteiger charge is 2.13. The molecular formula is C19H14BrClN4O2. The van der Waals surface area contributed by atoms with E-state index in [2.05, 4.69) is 32.0 Å². The lowest BCUT2D eigenvalue weighted by Crippen LogP contribution is -1.98. The lowest BCUT2D eigenvalue weighted by Gasteiger charge is -2.11. The van der Waals surface area contributed by atoms with Crippen LogP contribution in [0, 0.1) is 22.7 Å². The van der Waals surface area contributed by atoms with Crippen LogP contribution in [0.5, 0.6) is 11.5 Å². The molecule has 0 radical (unpaired) electrons. The molecule has 3 aromatic rings. The molecule has 0 unspecified atom stereocenters. The van der Waals surface area contributed by atoms with Gasteiger partial charge in [-0.05, 0) is 51.8 Å². The van der Waals surface area contributed by atoms with E-state index in [1.54, 1.807) is 18.2 Å². The van der Waals surface area contributed by atoms with Crippen LogP contribution in [0.4, 0.5) is 0 Å². The van der Waals surface area contributed by atoms with E-state index in [0.29, 0.717) is 27.4 Å². The number of fused-ring (bicyclic) bond motifs is 1. The van der Waals surface area contributed by atoms with Gasteiger partial charge in [-0.3, -0.25) is 0 Å². The number of H-pyrrole nitrogens is 1. The Morgan fingerprint density at radius 3 is 2.74 bits per heavy atom. The zero-order chi connectivity index (χ0) is 18.5. The van der Waals surface area contributed by atoms with Gasteiger partial charge in [0, 0.05) is 0 Å². The number of aromatic amines is 1. The van der Waals surface area contributed by atoms with Crippen molar-refractivity contribution in [3.05, 3.63) is 52.3 Å². The Bertz CT molecular complexity index is 1050. The first-order valence-corrected chi connectivity index (χ1v) is 8.39. The first-order valence-electron chi connectivity index (χ1n) is 7.60. The average molecular weight is 446 g/mol. The normalized spacial score (nSPS) is 10.6. The zero-order valence-corrected chi connectivity index (χ0v) is 16.6. The summed E-state index contributed by atoms with van der Waals surface area (Å²) in [5.41, 5.74) is 2.78. The van der Waals surface area contributed by atoms with E-state index in [-0.39, 0.29) is 19.0 Å². The minimum absolute atomic E-state index is 0. The summed E-state index contributed by atoms with van der Waals surface area (Å²) in [5.74, 6) is 1.39. The summed E-state index contributed by atoms with van der Waals surface area (Å²) in [6.07, 6.45) is 1.71. The molecule has 0 saturated heterocycles. The number of nitrogens with zero attached hydrogens (tertiary/aromatic N) is 3. The van der Waals surface area contributed by atoms with Gasteiger partial charge < -0.3 is 14.5 Å². The van der Waals surface area contributed by atoms with Gasteiger partial charge in [-0.1, -0.05) is 12.1 Å². The molecule has 0 bridgehead atoms. The number of halogens is 2. The smallest absolute Gasteiger partial charge is 0.176 e. The number of ether oxygens (including phenoxy) is 2. The third-order valence-electron chi connectivity index (χ3n) is 3.61. The molecule has 0 spiro atoms. The van der Waals surface area contributed by atoms with Gasteiger partial charge in [0.2, 0.25) is 0 Å². The monoisotopic (exact) mass is 444 g/mol. The standard InChI is InChI=1S/C19H13BrN4O2.ClH/c1-25-17-10-12(9-14(20)18(17)26-7-6-21)8-13(11-22)19-23-15-4-2-3-5-16(15)24-19;/h2-5,8-10H,7H2,1H3,(H,23,24);1H. The number of rotatable bonds is 5. The highest BCUT2D eigenvalue weighted by Crippen LogP contribution is 2.37. The topological polar surface area (TPSA) is 94.7 Å². The zero-order valence-electron chi connectivity index (χ0n) is 14.2. The second-order valence-corrected chi connectivity index (χ2v) is 6.11. The Balaban J connectivity index is 0.00000261. The number of imidazole rings is 1. The van der Waals surface area contributed by atoms with Crippen molar-refractivity contribution >= 4 is 51.0 Å². The van der Waals surface area contributed by atoms with Crippen molar-refractivity contribution in [2.75, 3.05) is 13.7 Å². The predicted molar refractivity (Wildman–Crippen MR) is 109 cm³/mol. The molecule has 3 rings (SSSR count). The van der Waals surface area contributed by atoms with Crippen LogP contribution in [0.25, 0.3) is 22.7 Å². The van der Waals surface area contributed by atoms with E-state index in [1.165, 1.54) is 7.11 Å². The fraction of sp³-hybridized carbons (Fsp3) is 0.105. The molecule has 27 heavy (non-hydrogen) atoms. The highest BCUT2D eigenvalue weighted by molar-refractivity contribution is 9.10. The Morgan fingerprint density at radius 1 is 1.30 bits per heavy atom. The van der Waals surface area contributed by atoms with Gasteiger partial charge >= 0.3 is 0 Å². The third kappa shape index (κ3) is 4.40. The molecule has 2 aromatic carbocycles. The van der Waals surface area contributed by atoms with Gasteiger partial charge in [0.1, 0.15) is 18.0 Å². The number of allylic oxidation sites excluding steroid dienone is 1. The van der Waals surface area contributed by atoms with Crippen LogP contribution < -0.4 is 9.47 Å². The summed E-state index contributed by atoms with van der Waals surface area (Å²) in [4.78, 5) is 7.60. The maximum Gasteiger partial charge on any atom is 0.176 e. The van der Waals surface area contributed by atoms with Crippen LogP contribution in [0.3, 0.4) is 0 Å². The molecule has 136 valence electrons. The molecule has 1 heterocycles. The third-order valence-corrected chi connectivity index (χ3v) is 4.20. The molecule has 0 saturated carbocycles. The first kappa shape index (κ1) is 20.3. The Labute approximate surface area is 170 Å². The van der Waals surface area contributed by atoms with Gasteiger partial charge in [0.05, 0.1) is 28.2 Å². The van der Waals surface area contributed by atoms with Crippen molar-refractivity contribution < 1.29 is 9.47 Å². The number of methoxy groups -OCH3 is 1. The molecular weight excluding hydrogens is 432 g/mol. The van der Waals surface area contributed by atoms with Crippen molar-refractivity contribution in [3.63, 3.8) is 0 Å². The predicted octanol–water partition coefficient (Wildman–Crippen LogP) is 4.72. The summed E-state index contributed by atoms with van der Waals surface area (Å²) >= 11 is 3.42. The molecule has 1 aromatic heterocycles. The average Bonchev–Trinajstić information content (AvgIpc) is 3.08. The van der Waals surface area contributed by atoms with E-state index in [9.17, 15) is 5.26 Å². The summed E-state index contributed by atoms with van der Waals surface area (Å²) < 4.78 is 11.3. The van der Waals surface area contributed by atoms with Crippen LogP contribution in [-0.4, -0.2) is 23.7 Å². The van der Waals surface area contributed by atoms with Gasteiger partial charge in [-0.15, -0.1) is 12.4 Å². The quantitative estimate of drug-likeness (QED) is 0.573. The molecule has 0 aliphatic rings. The SMILES string of the molecule is COc1cc(C=C(C#N)c2nc3ccccc3[nH]2)cc(Br)c1OCC#N.Cl. The Morgan fingerprint density at radius 2 is 2.07 bits per heavy atom. The van der Waals surface area contributed by atoms with E-state index in [1.807, 2.05) is 30.3 Å². The van der Waals surface area contributed by atoms with Gasteiger partial charge in [0.15, 0.2) is 18.1 Å².